The summed E-state index contributed by atoms with van der Waals surface area (Å²) < 4.78 is 52.6. The van der Waals surface area contributed by atoms with Gasteiger partial charge in [-0.2, -0.15) is 13.2 Å². The number of nitrogens with zero attached hydrogens (tertiary/aromatic N) is 1. The molecule has 0 aliphatic heterocycles. The lowest BCUT2D eigenvalue weighted by Gasteiger charge is -2.08. The molecule has 0 spiro atoms. The molecule has 1 aromatic heterocycles. The molecule has 3 aromatic rings. The molecule has 6 heteroatoms. The van der Waals surface area contributed by atoms with Crippen LogP contribution < -0.4 is 0 Å². The Morgan fingerprint density at radius 1 is 1.00 bits per heavy atom. The summed E-state index contributed by atoms with van der Waals surface area (Å²) in [6, 6.07) is 9.45. The largest absolute Gasteiger partial charge is 0.416 e. The van der Waals surface area contributed by atoms with E-state index in [9.17, 15) is 17.6 Å². The summed E-state index contributed by atoms with van der Waals surface area (Å²) >= 11 is 1.17. The van der Waals surface area contributed by atoms with Crippen molar-refractivity contribution in [3.05, 3.63) is 53.8 Å². The highest BCUT2D eigenvalue weighted by molar-refractivity contribution is 7.21. The molecule has 0 atom stereocenters. The molecule has 0 saturated carbocycles. The molecule has 0 fully saturated rings. The number of para-hydroxylation sites is 1. The Labute approximate surface area is 129 Å². The highest BCUT2D eigenvalue weighted by Gasteiger charge is 2.31. The topological polar surface area (TPSA) is 12.9 Å². The average molecular weight is 327 g/mol. The first-order valence-corrected chi connectivity index (χ1v) is 7.49. The maximum atomic E-state index is 13.8. The number of rotatable bonds is 1. The number of hydrogen-bond acceptors (Lipinski definition) is 2. The molecule has 116 valence electrons. The Bertz CT molecular complexity index is 744. The van der Waals surface area contributed by atoms with Crippen molar-refractivity contribution in [2.75, 3.05) is 0 Å². The second-order valence-corrected chi connectivity index (χ2v) is 5.21. The number of alkyl halides is 3. The van der Waals surface area contributed by atoms with Crippen molar-refractivity contribution >= 4 is 21.6 Å². The maximum Gasteiger partial charge on any atom is 0.416 e. The van der Waals surface area contributed by atoms with Crippen LogP contribution in [0.2, 0.25) is 0 Å². The summed E-state index contributed by atoms with van der Waals surface area (Å²) in [6.07, 6.45) is -4.50. The van der Waals surface area contributed by atoms with Gasteiger partial charge in [-0.25, -0.2) is 9.37 Å². The second kappa shape index (κ2) is 6.44. The fourth-order valence-corrected chi connectivity index (χ4v) is 2.84. The molecule has 1 nitrogen and oxygen atoms in total. The Morgan fingerprint density at radius 2 is 1.68 bits per heavy atom. The third kappa shape index (κ3) is 3.27. The minimum absolute atomic E-state index is 0.124. The summed E-state index contributed by atoms with van der Waals surface area (Å²) in [4.78, 5) is 4.18. The SMILES string of the molecule is CC.Fc1ccc(C(F)(F)F)cc1-c1nc2ccccc2s1. The molecule has 0 N–H and O–H groups in total. The van der Waals surface area contributed by atoms with E-state index in [1.807, 2.05) is 13.8 Å². The third-order valence-corrected chi connectivity index (χ3v) is 3.89. The molecule has 3 rings (SSSR count). The van der Waals surface area contributed by atoms with Crippen LogP contribution in [-0.4, -0.2) is 4.98 Å². The van der Waals surface area contributed by atoms with Gasteiger partial charge in [-0.15, -0.1) is 11.3 Å². The lowest BCUT2D eigenvalue weighted by Crippen LogP contribution is -2.05. The third-order valence-electron chi connectivity index (χ3n) is 2.82. The lowest BCUT2D eigenvalue weighted by molar-refractivity contribution is -0.137. The van der Waals surface area contributed by atoms with Gasteiger partial charge in [0.25, 0.3) is 0 Å². The number of hydrogen-bond donors (Lipinski definition) is 0. The Hall–Kier alpha value is -1.95. The van der Waals surface area contributed by atoms with E-state index in [0.717, 1.165) is 22.9 Å². The van der Waals surface area contributed by atoms with Crippen LogP contribution in [0.4, 0.5) is 17.6 Å². The van der Waals surface area contributed by atoms with Crippen molar-refractivity contribution in [2.45, 2.75) is 20.0 Å². The second-order valence-electron chi connectivity index (χ2n) is 4.18. The Kier molecular flexibility index (Phi) is 4.81. The fraction of sp³-hybridized carbons (Fsp3) is 0.188. The fourth-order valence-electron chi connectivity index (χ4n) is 1.85. The van der Waals surface area contributed by atoms with Gasteiger partial charge in [-0.05, 0) is 30.3 Å². The van der Waals surface area contributed by atoms with Crippen molar-refractivity contribution in [3.8, 4) is 10.6 Å². The quantitative estimate of drug-likeness (QED) is 0.489. The van der Waals surface area contributed by atoms with Gasteiger partial charge in [0.1, 0.15) is 10.8 Å². The Balaban J connectivity index is 0.000000847. The first kappa shape index (κ1) is 16.4. The number of fused-ring (bicyclic) bond motifs is 1. The highest BCUT2D eigenvalue weighted by Crippen LogP contribution is 2.36. The molecule has 0 bridgehead atoms. The van der Waals surface area contributed by atoms with Crippen molar-refractivity contribution in [3.63, 3.8) is 0 Å². The monoisotopic (exact) mass is 327 g/mol. The van der Waals surface area contributed by atoms with E-state index in [1.54, 1.807) is 24.3 Å². The normalized spacial score (nSPS) is 11.2. The minimum Gasteiger partial charge on any atom is -0.236 e. The number of halogens is 4. The number of benzene rings is 2. The van der Waals surface area contributed by atoms with E-state index in [2.05, 4.69) is 4.98 Å². The van der Waals surface area contributed by atoms with E-state index in [1.165, 1.54) is 11.3 Å². The van der Waals surface area contributed by atoms with Crippen LogP contribution in [0.3, 0.4) is 0 Å². The highest BCUT2D eigenvalue weighted by atomic mass is 32.1. The van der Waals surface area contributed by atoms with Gasteiger partial charge in [-0.3, -0.25) is 0 Å². The first-order chi connectivity index (χ1) is 10.4. The van der Waals surface area contributed by atoms with E-state index in [-0.39, 0.29) is 10.6 Å². The number of thiazole rings is 1. The summed E-state index contributed by atoms with van der Waals surface area (Å²) in [6.45, 7) is 4.00. The molecule has 0 aliphatic carbocycles. The van der Waals surface area contributed by atoms with Crippen molar-refractivity contribution in [1.82, 2.24) is 4.98 Å². The zero-order valence-electron chi connectivity index (χ0n) is 11.9. The van der Waals surface area contributed by atoms with Gasteiger partial charge in [0.2, 0.25) is 0 Å². The van der Waals surface area contributed by atoms with E-state index < -0.39 is 17.6 Å². The van der Waals surface area contributed by atoms with Crippen LogP contribution in [0.5, 0.6) is 0 Å². The van der Waals surface area contributed by atoms with Crippen LogP contribution in [0.15, 0.2) is 42.5 Å². The maximum absolute atomic E-state index is 13.8. The van der Waals surface area contributed by atoms with Crippen LogP contribution in [-0.2, 0) is 6.18 Å². The van der Waals surface area contributed by atoms with Crippen LogP contribution in [0.1, 0.15) is 19.4 Å². The predicted octanol–water partition coefficient (Wildman–Crippen LogP) is 6.15. The predicted molar refractivity (Wildman–Crippen MR) is 81.4 cm³/mol. The molecular weight excluding hydrogens is 314 g/mol. The van der Waals surface area contributed by atoms with Crippen molar-refractivity contribution in [2.24, 2.45) is 0 Å². The van der Waals surface area contributed by atoms with Crippen LogP contribution in [0, 0.1) is 5.82 Å². The summed E-state index contributed by atoms with van der Waals surface area (Å²) in [5, 5.41) is 0.245. The summed E-state index contributed by atoms with van der Waals surface area (Å²) in [5.41, 5.74) is -0.363. The molecule has 0 saturated heterocycles. The number of aromatic nitrogens is 1. The van der Waals surface area contributed by atoms with Gasteiger partial charge >= 0.3 is 6.18 Å². The zero-order chi connectivity index (χ0) is 16.3. The summed E-state index contributed by atoms with van der Waals surface area (Å²) in [5.74, 6) is -0.711. The van der Waals surface area contributed by atoms with E-state index >= 15 is 0 Å². The van der Waals surface area contributed by atoms with Gasteiger partial charge in [0, 0.05) is 5.56 Å². The Morgan fingerprint density at radius 3 is 2.32 bits per heavy atom. The smallest absolute Gasteiger partial charge is 0.236 e. The molecule has 2 aromatic carbocycles. The van der Waals surface area contributed by atoms with Crippen LogP contribution in [0.25, 0.3) is 20.8 Å². The molecular formula is C16H13F4NS. The first-order valence-electron chi connectivity index (χ1n) is 6.68. The standard InChI is InChI=1S/C14H7F4NS.C2H6/c15-10-6-5-8(14(16,17)18)7-9(10)13-19-11-3-1-2-4-12(11)20-13;1-2/h1-7H;1-2H3. The molecule has 0 aliphatic rings. The van der Waals surface area contributed by atoms with Crippen molar-refractivity contribution < 1.29 is 17.6 Å². The van der Waals surface area contributed by atoms with Gasteiger partial charge < -0.3 is 0 Å². The summed E-state index contributed by atoms with van der Waals surface area (Å²) in [7, 11) is 0. The molecule has 22 heavy (non-hydrogen) atoms. The average Bonchev–Trinajstić information content (AvgIpc) is 2.92. The van der Waals surface area contributed by atoms with Gasteiger partial charge in [-0.1, -0.05) is 26.0 Å². The van der Waals surface area contributed by atoms with E-state index in [4.69, 9.17) is 0 Å². The molecule has 0 radical (unpaired) electrons. The molecule has 0 amide bonds. The molecule has 0 unspecified atom stereocenters. The van der Waals surface area contributed by atoms with E-state index in [0.29, 0.717) is 5.52 Å². The van der Waals surface area contributed by atoms with Gasteiger partial charge in [0.05, 0.1) is 15.8 Å². The lowest BCUT2D eigenvalue weighted by atomic mass is 10.1. The zero-order valence-corrected chi connectivity index (χ0v) is 12.7. The van der Waals surface area contributed by atoms with Crippen molar-refractivity contribution in [1.29, 1.82) is 0 Å². The van der Waals surface area contributed by atoms with Crippen LogP contribution >= 0.6 is 11.3 Å². The minimum atomic E-state index is -4.50. The van der Waals surface area contributed by atoms with Gasteiger partial charge in [0.15, 0.2) is 0 Å². The molecule has 1 heterocycles.